The van der Waals surface area contributed by atoms with Crippen molar-refractivity contribution in [3.63, 3.8) is 0 Å². The van der Waals surface area contributed by atoms with E-state index in [1.54, 1.807) is 28.3 Å². The van der Waals surface area contributed by atoms with Crippen molar-refractivity contribution in [3.8, 4) is 0 Å². The summed E-state index contributed by atoms with van der Waals surface area (Å²) in [6, 6.07) is 0. The lowest BCUT2D eigenvalue weighted by molar-refractivity contribution is -0.0555. The number of hydrogen-bond donors (Lipinski definition) is 0. The lowest BCUT2D eigenvalue weighted by Crippen LogP contribution is -2.50. The van der Waals surface area contributed by atoms with Crippen LogP contribution in [0.15, 0.2) is 11.6 Å². The van der Waals surface area contributed by atoms with Crippen LogP contribution in [0.4, 0.5) is 0 Å². The number of hydrogen-bond acceptors (Lipinski definition) is 4. The molecule has 0 aromatic carbocycles. The monoisotopic (exact) mass is 524 g/mol. The standard InChI is InChI=1S/C29H49O2PS2/c1-20(2)7-6-8-21(3)25-11-12-26-24-10-9-22-19-23(31-32(30)33-17-18-34-32)13-15-28(22,4)27(24)14-16-29(25,26)5/h9,20-21,23-27H,6-8,10-19H2,1-5H3/t21-,23+,24+,25-,26+,27+,28+,29-/m1/s1. The van der Waals surface area contributed by atoms with Gasteiger partial charge in [-0.1, -0.05) is 88.3 Å². The van der Waals surface area contributed by atoms with Crippen molar-refractivity contribution >= 4 is 28.5 Å². The summed E-state index contributed by atoms with van der Waals surface area (Å²) in [5.74, 6) is 4.81. The molecule has 0 amide bonds. The van der Waals surface area contributed by atoms with Crippen LogP contribution in [0.3, 0.4) is 0 Å². The molecule has 0 N–H and O–H groups in total. The highest BCUT2D eigenvalue weighted by Crippen LogP contribution is 2.75. The van der Waals surface area contributed by atoms with E-state index in [1.807, 2.05) is 0 Å². The van der Waals surface area contributed by atoms with Crippen LogP contribution < -0.4 is 0 Å². The molecule has 8 atom stereocenters. The van der Waals surface area contributed by atoms with Gasteiger partial charge in [0.15, 0.2) is 0 Å². The molecule has 0 bridgehead atoms. The maximum absolute atomic E-state index is 13.0. The molecule has 0 aromatic rings. The zero-order chi connectivity index (χ0) is 24.1. The van der Waals surface area contributed by atoms with Crippen LogP contribution in [0.1, 0.15) is 105 Å². The van der Waals surface area contributed by atoms with Crippen molar-refractivity contribution in [1.82, 2.24) is 0 Å². The van der Waals surface area contributed by atoms with Gasteiger partial charge in [0.25, 0.3) is 0 Å². The second-order valence-electron chi connectivity index (χ2n) is 13.4. The Kier molecular flexibility index (Phi) is 7.77. The molecule has 34 heavy (non-hydrogen) atoms. The quantitative estimate of drug-likeness (QED) is 0.244. The van der Waals surface area contributed by atoms with Gasteiger partial charge in [-0.25, -0.2) is 0 Å². The third kappa shape index (κ3) is 4.78. The summed E-state index contributed by atoms with van der Waals surface area (Å²) in [4.78, 5) is 0. The minimum Gasteiger partial charge on any atom is -0.310 e. The molecule has 0 spiro atoms. The van der Waals surface area contributed by atoms with Crippen molar-refractivity contribution < 1.29 is 9.09 Å². The van der Waals surface area contributed by atoms with Crippen molar-refractivity contribution in [2.45, 2.75) is 111 Å². The molecule has 4 aliphatic carbocycles. The van der Waals surface area contributed by atoms with E-state index < -0.39 is 5.77 Å². The van der Waals surface area contributed by atoms with Crippen molar-refractivity contribution in [1.29, 1.82) is 0 Å². The van der Waals surface area contributed by atoms with Gasteiger partial charge in [0.2, 0.25) is 0 Å². The van der Waals surface area contributed by atoms with Crippen LogP contribution in [0.2, 0.25) is 0 Å². The van der Waals surface area contributed by atoms with Crippen LogP contribution in [-0.4, -0.2) is 17.6 Å². The molecule has 2 nitrogen and oxygen atoms in total. The lowest BCUT2D eigenvalue weighted by Gasteiger charge is -2.58. The third-order valence-electron chi connectivity index (χ3n) is 11.1. The predicted octanol–water partition coefficient (Wildman–Crippen LogP) is 10.0. The minimum absolute atomic E-state index is 0.177. The first-order chi connectivity index (χ1) is 16.1. The van der Waals surface area contributed by atoms with E-state index in [2.05, 4.69) is 40.7 Å². The average Bonchev–Trinajstić information content (AvgIpc) is 3.36. The molecule has 3 saturated carbocycles. The van der Waals surface area contributed by atoms with Gasteiger partial charge in [-0.05, 0) is 97.7 Å². The van der Waals surface area contributed by atoms with Crippen molar-refractivity contribution in [2.75, 3.05) is 11.5 Å². The summed E-state index contributed by atoms with van der Waals surface area (Å²) in [6.07, 6.45) is 17.5. The van der Waals surface area contributed by atoms with E-state index in [-0.39, 0.29) is 6.10 Å². The third-order valence-corrected chi connectivity index (χ3v) is 18.7. The largest absolute Gasteiger partial charge is 0.313 e. The summed E-state index contributed by atoms with van der Waals surface area (Å²) >= 11 is 3.16. The Morgan fingerprint density at radius 2 is 1.79 bits per heavy atom. The fourth-order valence-electron chi connectivity index (χ4n) is 9.32. The Labute approximate surface area is 217 Å². The second kappa shape index (κ2) is 10.1. The van der Waals surface area contributed by atoms with Crippen molar-refractivity contribution in [2.24, 2.45) is 46.3 Å². The zero-order valence-corrected chi connectivity index (χ0v) is 24.9. The van der Waals surface area contributed by atoms with Gasteiger partial charge < -0.3 is 4.52 Å². The smallest absolute Gasteiger partial charge is 0.310 e. The van der Waals surface area contributed by atoms with E-state index in [1.165, 1.54) is 57.8 Å². The van der Waals surface area contributed by atoms with Gasteiger partial charge in [0.05, 0.1) is 6.10 Å². The minimum atomic E-state index is -2.48. The number of fused-ring (bicyclic) bond motifs is 5. The maximum Gasteiger partial charge on any atom is 0.313 e. The Hall–Kier alpha value is 0.630. The van der Waals surface area contributed by atoms with Gasteiger partial charge in [-0.2, -0.15) is 0 Å². The molecule has 0 radical (unpaired) electrons. The molecule has 194 valence electrons. The molecule has 0 aromatic heterocycles. The van der Waals surface area contributed by atoms with Crippen LogP contribution in [0.25, 0.3) is 0 Å². The molecule has 0 unspecified atom stereocenters. The van der Waals surface area contributed by atoms with Crippen LogP contribution in [0, 0.1) is 46.3 Å². The SMILES string of the molecule is CC(C)CCC[C@@H](C)[C@H]1CC[C@H]2[C@@H]3CC=C4C[C@@H](OP5(=O)SCCS5)CC[C@]4(C)[C@H]3CC[C@]12C. The van der Waals surface area contributed by atoms with E-state index in [0.717, 1.165) is 59.9 Å². The highest BCUT2D eigenvalue weighted by molar-refractivity contribution is 8.90. The molecule has 4 fully saturated rings. The summed E-state index contributed by atoms with van der Waals surface area (Å²) in [6.45, 7) is 12.6. The fraction of sp³-hybridized carbons (Fsp3) is 0.931. The topological polar surface area (TPSA) is 26.3 Å². The van der Waals surface area contributed by atoms with E-state index >= 15 is 0 Å². The number of allylic oxidation sites excluding steroid dienone is 1. The maximum atomic E-state index is 13.0. The Bertz CT molecular complexity index is 817. The molecule has 5 heteroatoms. The summed E-state index contributed by atoms with van der Waals surface area (Å²) in [7, 11) is 0. The molecular formula is C29H49O2PS2. The van der Waals surface area contributed by atoms with E-state index in [4.69, 9.17) is 4.52 Å². The van der Waals surface area contributed by atoms with Gasteiger partial charge in [-0.3, -0.25) is 4.57 Å². The summed E-state index contributed by atoms with van der Waals surface area (Å²) < 4.78 is 19.3. The van der Waals surface area contributed by atoms with Crippen LogP contribution in [0.5, 0.6) is 0 Å². The van der Waals surface area contributed by atoms with Gasteiger partial charge in [0, 0.05) is 11.5 Å². The van der Waals surface area contributed by atoms with Gasteiger partial charge in [-0.15, -0.1) is 0 Å². The molecule has 1 heterocycles. The zero-order valence-electron chi connectivity index (χ0n) is 22.4. The first-order valence-corrected chi connectivity index (χ1v) is 19.2. The Balaban J connectivity index is 1.27. The molecule has 1 aliphatic heterocycles. The van der Waals surface area contributed by atoms with E-state index in [9.17, 15) is 4.57 Å². The number of rotatable bonds is 7. The van der Waals surface area contributed by atoms with Gasteiger partial charge >= 0.3 is 5.77 Å². The summed E-state index contributed by atoms with van der Waals surface area (Å²) in [5, 5.41) is 0. The first kappa shape index (κ1) is 26.2. The lowest BCUT2D eigenvalue weighted by atomic mass is 9.47. The first-order valence-electron chi connectivity index (χ1n) is 14.4. The summed E-state index contributed by atoms with van der Waals surface area (Å²) in [5.41, 5.74) is 2.58. The highest BCUT2D eigenvalue weighted by Gasteiger charge is 2.59. The molecule has 5 rings (SSSR count). The Morgan fingerprint density at radius 1 is 1.03 bits per heavy atom. The molecule has 5 aliphatic rings. The van der Waals surface area contributed by atoms with Crippen molar-refractivity contribution in [3.05, 3.63) is 11.6 Å². The predicted molar refractivity (Wildman–Crippen MR) is 150 cm³/mol. The fourth-order valence-corrected chi connectivity index (χ4v) is 17.1. The Morgan fingerprint density at radius 3 is 2.53 bits per heavy atom. The van der Waals surface area contributed by atoms with E-state index in [0.29, 0.717) is 10.8 Å². The highest BCUT2D eigenvalue weighted by atomic mass is 33.1. The average molecular weight is 525 g/mol. The van der Waals surface area contributed by atoms with Gasteiger partial charge in [0.1, 0.15) is 0 Å². The second-order valence-corrected chi connectivity index (χ2v) is 20.9. The molecule has 1 saturated heterocycles. The van der Waals surface area contributed by atoms with Crippen LogP contribution in [-0.2, 0) is 9.09 Å². The molecular weight excluding hydrogens is 475 g/mol. The van der Waals surface area contributed by atoms with Crippen LogP contribution >= 0.6 is 28.5 Å². The normalized spacial score (nSPS) is 44.3.